The highest BCUT2D eigenvalue weighted by Gasteiger charge is 2.38. The lowest BCUT2D eigenvalue weighted by Crippen LogP contribution is -2.42. The van der Waals surface area contributed by atoms with E-state index in [1.54, 1.807) is 29.2 Å². The largest absolute Gasteiger partial charge is 0.484 e. The minimum atomic E-state index is -1.27. The Bertz CT molecular complexity index is 739. The lowest BCUT2D eigenvalue weighted by Gasteiger charge is -2.29. The zero-order chi connectivity index (χ0) is 19.4. The molecule has 144 valence electrons. The standard InChI is InChI=1S/C19H21NO7/c1-19(2)26-17(22)15(18(23)27-19)11-13-3-5-14(6-4-13)25-12-16(21)20-7-9-24-10-8-20/h3-6,11H,7-10,12H2,1-2H3. The first-order valence-corrected chi connectivity index (χ1v) is 8.61. The van der Waals surface area contributed by atoms with Gasteiger partial charge in [0.05, 0.1) is 13.2 Å². The molecule has 27 heavy (non-hydrogen) atoms. The van der Waals surface area contributed by atoms with Crippen molar-refractivity contribution in [1.82, 2.24) is 4.90 Å². The van der Waals surface area contributed by atoms with E-state index in [9.17, 15) is 14.4 Å². The molecule has 0 radical (unpaired) electrons. The molecule has 0 spiro atoms. The van der Waals surface area contributed by atoms with E-state index in [0.717, 1.165) is 0 Å². The first-order valence-electron chi connectivity index (χ1n) is 8.61. The molecule has 1 amide bonds. The van der Waals surface area contributed by atoms with E-state index in [0.29, 0.717) is 37.6 Å². The Morgan fingerprint density at radius 2 is 1.70 bits per heavy atom. The average Bonchev–Trinajstić information content (AvgIpc) is 2.63. The molecular weight excluding hydrogens is 354 g/mol. The molecule has 8 nitrogen and oxygen atoms in total. The Balaban J connectivity index is 1.59. The van der Waals surface area contributed by atoms with E-state index < -0.39 is 17.7 Å². The molecule has 8 heteroatoms. The summed E-state index contributed by atoms with van der Waals surface area (Å²) in [6.07, 6.45) is 1.39. The van der Waals surface area contributed by atoms with Gasteiger partial charge in [-0.25, -0.2) is 9.59 Å². The predicted molar refractivity (Wildman–Crippen MR) is 93.6 cm³/mol. The van der Waals surface area contributed by atoms with Crippen LogP contribution in [0.4, 0.5) is 0 Å². The van der Waals surface area contributed by atoms with Gasteiger partial charge in [-0.15, -0.1) is 0 Å². The third kappa shape index (κ3) is 4.85. The summed E-state index contributed by atoms with van der Waals surface area (Å²) in [6, 6.07) is 6.65. The van der Waals surface area contributed by atoms with Crippen molar-refractivity contribution in [2.45, 2.75) is 19.6 Å². The van der Waals surface area contributed by atoms with E-state index >= 15 is 0 Å². The van der Waals surface area contributed by atoms with E-state index in [4.69, 9.17) is 18.9 Å². The molecule has 2 aliphatic heterocycles. The number of amides is 1. The van der Waals surface area contributed by atoms with Gasteiger partial charge in [-0.2, -0.15) is 0 Å². The summed E-state index contributed by atoms with van der Waals surface area (Å²) in [7, 11) is 0. The number of carbonyl (C=O) groups excluding carboxylic acids is 3. The first-order chi connectivity index (χ1) is 12.8. The average molecular weight is 375 g/mol. The summed E-state index contributed by atoms with van der Waals surface area (Å²) >= 11 is 0. The maximum absolute atomic E-state index is 12.1. The van der Waals surface area contributed by atoms with E-state index in [1.165, 1.54) is 19.9 Å². The van der Waals surface area contributed by atoms with Crippen LogP contribution in [-0.4, -0.2) is 61.4 Å². The van der Waals surface area contributed by atoms with Crippen molar-refractivity contribution in [3.05, 3.63) is 35.4 Å². The number of rotatable bonds is 4. The SMILES string of the molecule is CC1(C)OC(=O)C(=Cc2ccc(OCC(=O)N3CCOCC3)cc2)C(=O)O1. The zero-order valence-electron chi connectivity index (χ0n) is 15.2. The van der Waals surface area contributed by atoms with Gasteiger partial charge in [-0.1, -0.05) is 12.1 Å². The molecule has 0 saturated carbocycles. The molecule has 0 bridgehead atoms. The van der Waals surface area contributed by atoms with Gasteiger partial charge in [0, 0.05) is 26.9 Å². The van der Waals surface area contributed by atoms with Crippen LogP contribution < -0.4 is 4.74 Å². The summed E-state index contributed by atoms with van der Waals surface area (Å²) in [4.78, 5) is 37.7. The highest BCUT2D eigenvalue weighted by molar-refractivity contribution is 6.18. The summed E-state index contributed by atoms with van der Waals surface area (Å²) in [5.74, 6) is -2.31. The number of benzene rings is 1. The third-order valence-corrected chi connectivity index (χ3v) is 4.03. The Labute approximate surface area is 156 Å². The highest BCUT2D eigenvalue weighted by Crippen LogP contribution is 2.24. The van der Waals surface area contributed by atoms with E-state index in [-0.39, 0.29) is 18.1 Å². The van der Waals surface area contributed by atoms with E-state index in [1.807, 2.05) is 0 Å². The van der Waals surface area contributed by atoms with E-state index in [2.05, 4.69) is 0 Å². The number of hydrogen-bond acceptors (Lipinski definition) is 7. The fourth-order valence-corrected chi connectivity index (χ4v) is 2.65. The van der Waals surface area contributed by atoms with Gasteiger partial charge >= 0.3 is 11.9 Å². The van der Waals surface area contributed by atoms with Crippen molar-refractivity contribution in [2.75, 3.05) is 32.9 Å². The fourth-order valence-electron chi connectivity index (χ4n) is 2.65. The molecule has 2 aliphatic rings. The van der Waals surface area contributed by atoms with Crippen LogP contribution in [0.3, 0.4) is 0 Å². The Morgan fingerprint density at radius 3 is 2.30 bits per heavy atom. The maximum atomic E-state index is 12.1. The molecule has 2 heterocycles. The molecule has 0 N–H and O–H groups in total. The van der Waals surface area contributed by atoms with Crippen LogP contribution in [0.5, 0.6) is 5.75 Å². The molecule has 0 atom stereocenters. The molecule has 2 saturated heterocycles. The second kappa shape index (κ2) is 7.79. The predicted octanol–water partition coefficient (Wildman–Crippen LogP) is 1.14. The summed E-state index contributed by atoms with van der Waals surface area (Å²) in [5, 5.41) is 0. The number of hydrogen-bond donors (Lipinski definition) is 0. The van der Waals surface area contributed by atoms with Crippen molar-refractivity contribution < 1.29 is 33.3 Å². The number of ether oxygens (including phenoxy) is 4. The van der Waals surface area contributed by atoms with Crippen molar-refractivity contribution in [3.8, 4) is 5.75 Å². The second-order valence-electron chi connectivity index (χ2n) is 6.59. The first kappa shape index (κ1) is 18.9. The Kier molecular flexibility index (Phi) is 5.46. The third-order valence-electron chi connectivity index (χ3n) is 4.03. The van der Waals surface area contributed by atoms with Crippen molar-refractivity contribution in [2.24, 2.45) is 0 Å². The van der Waals surface area contributed by atoms with Crippen LogP contribution in [0, 0.1) is 0 Å². The molecule has 3 rings (SSSR count). The van der Waals surface area contributed by atoms with Gasteiger partial charge < -0.3 is 23.8 Å². The normalized spacial score (nSPS) is 19.2. The molecule has 0 aromatic heterocycles. The van der Waals surface area contributed by atoms with Gasteiger partial charge in [0.2, 0.25) is 0 Å². The quantitative estimate of drug-likeness (QED) is 0.443. The monoisotopic (exact) mass is 375 g/mol. The van der Waals surface area contributed by atoms with Crippen LogP contribution in [-0.2, 0) is 28.6 Å². The minimum absolute atomic E-state index is 0.0613. The topological polar surface area (TPSA) is 91.4 Å². The van der Waals surface area contributed by atoms with Crippen molar-refractivity contribution in [3.63, 3.8) is 0 Å². The van der Waals surface area contributed by atoms with Crippen LogP contribution in [0.1, 0.15) is 19.4 Å². The second-order valence-corrected chi connectivity index (χ2v) is 6.59. The molecular formula is C19H21NO7. The number of nitrogens with zero attached hydrogens (tertiary/aromatic N) is 1. The molecule has 1 aromatic carbocycles. The van der Waals surface area contributed by atoms with Gasteiger partial charge in [-0.05, 0) is 23.8 Å². The molecule has 0 aliphatic carbocycles. The number of morpholine rings is 1. The lowest BCUT2D eigenvalue weighted by atomic mass is 10.1. The van der Waals surface area contributed by atoms with Gasteiger partial charge in [0.25, 0.3) is 11.7 Å². The van der Waals surface area contributed by atoms with Gasteiger partial charge in [-0.3, -0.25) is 4.79 Å². The lowest BCUT2D eigenvalue weighted by molar-refractivity contribution is -0.222. The smallest absolute Gasteiger partial charge is 0.348 e. The fraction of sp³-hybridized carbons (Fsp3) is 0.421. The summed E-state index contributed by atoms with van der Waals surface area (Å²) < 4.78 is 20.8. The maximum Gasteiger partial charge on any atom is 0.348 e. The summed E-state index contributed by atoms with van der Waals surface area (Å²) in [5.41, 5.74) is 0.427. The van der Waals surface area contributed by atoms with Crippen LogP contribution in [0.25, 0.3) is 6.08 Å². The van der Waals surface area contributed by atoms with Crippen LogP contribution >= 0.6 is 0 Å². The molecule has 2 fully saturated rings. The Hall–Kier alpha value is -2.87. The van der Waals surface area contributed by atoms with Gasteiger partial charge in [0.15, 0.2) is 6.61 Å². The number of carbonyl (C=O) groups is 3. The zero-order valence-corrected chi connectivity index (χ0v) is 15.2. The molecule has 1 aromatic rings. The minimum Gasteiger partial charge on any atom is -0.484 e. The van der Waals surface area contributed by atoms with Gasteiger partial charge in [0.1, 0.15) is 11.3 Å². The number of esters is 2. The highest BCUT2D eigenvalue weighted by atomic mass is 16.7. The van der Waals surface area contributed by atoms with Crippen LogP contribution in [0.15, 0.2) is 29.8 Å². The number of cyclic esters (lactones) is 2. The summed E-state index contributed by atoms with van der Waals surface area (Å²) in [6.45, 7) is 5.13. The van der Waals surface area contributed by atoms with Crippen molar-refractivity contribution >= 4 is 23.9 Å². The Morgan fingerprint density at radius 1 is 1.11 bits per heavy atom. The van der Waals surface area contributed by atoms with Crippen molar-refractivity contribution in [1.29, 1.82) is 0 Å². The molecule has 0 unspecified atom stereocenters. The van der Waals surface area contributed by atoms with Crippen LogP contribution in [0.2, 0.25) is 0 Å².